The number of ether oxygens (including phenoxy) is 3. The van der Waals surface area contributed by atoms with Gasteiger partial charge in [-0.25, -0.2) is 4.79 Å². The maximum atomic E-state index is 11.6. The molecule has 3 N–H and O–H groups in total. The molecule has 2 heterocycles. The van der Waals surface area contributed by atoms with Crippen LogP contribution in [0.5, 0.6) is 17.2 Å². The Balaban J connectivity index is 2.01. The zero-order chi connectivity index (χ0) is 20.0. The minimum atomic E-state index is -0.606. The number of rotatable bonds is 3. The fourth-order valence-electron chi connectivity index (χ4n) is 3.38. The SMILES string of the molecule is COc1cc(C2C(C#N)=C(N)Oc3c2ccc2oc(=O)[nH]c32)cc(Br)c1OC. The van der Waals surface area contributed by atoms with E-state index in [4.69, 9.17) is 24.4 Å². The van der Waals surface area contributed by atoms with Crippen LogP contribution >= 0.6 is 15.9 Å². The highest BCUT2D eigenvalue weighted by Gasteiger charge is 2.33. The molecule has 3 aromatic rings. The quantitative estimate of drug-likeness (QED) is 0.636. The lowest BCUT2D eigenvalue weighted by Gasteiger charge is -2.27. The van der Waals surface area contributed by atoms with E-state index in [0.29, 0.717) is 38.4 Å². The maximum Gasteiger partial charge on any atom is 0.417 e. The second-order valence-electron chi connectivity index (χ2n) is 6.03. The lowest BCUT2D eigenvalue weighted by Crippen LogP contribution is -2.21. The number of nitrogens with zero attached hydrogens (tertiary/aromatic N) is 1. The Morgan fingerprint density at radius 1 is 1.29 bits per heavy atom. The molecule has 9 heteroatoms. The van der Waals surface area contributed by atoms with Crippen LogP contribution in [0.2, 0.25) is 0 Å². The van der Waals surface area contributed by atoms with Gasteiger partial charge in [-0.05, 0) is 39.7 Å². The number of methoxy groups -OCH3 is 2. The summed E-state index contributed by atoms with van der Waals surface area (Å²) in [6.07, 6.45) is 0. The van der Waals surface area contributed by atoms with Crippen LogP contribution in [0.25, 0.3) is 11.1 Å². The van der Waals surface area contributed by atoms with E-state index in [1.54, 1.807) is 18.2 Å². The van der Waals surface area contributed by atoms with Gasteiger partial charge < -0.3 is 24.4 Å². The van der Waals surface area contributed by atoms with Crippen LogP contribution in [0.4, 0.5) is 0 Å². The summed E-state index contributed by atoms with van der Waals surface area (Å²) in [5.74, 6) is 0.187. The van der Waals surface area contributed by atoms with Crippen molar-refractivity contribution < 1.29 is 18.6 Å². The predicted octanol–water partition coefficient (Wildman–Crippen LogP) is 3.12. The lowest BCUT2D eigenvalue weighted by atomic mass is 9.83. The van der Waals surface area contributed by atoms with Crippen LogP contribution in [0, 0.1) is 11.3 Å². The fourth-order valence-corrected chi connectivity index (χ4v) is 4.00. The maximum absolute atomic E-state index is 11.6. The zero-order valence-corrected chi connectivity index (χ0v) is 16.4. The van der Waals surface area contributed by atoms with E-state index >= 15 is 0 Å². The van der Waals surface area contributed by atoms with E-state index < -0.39 is 11.7 Å². The largest absolute Gasteiger partial charge is 0.493 e. The lowest BCUT2D eigenvalue weighted by molar-refractivity contribution is 0.352. The van der Waals surface area contributed by atoms with E-state index in [1.165, 1.54) is 14.2 Å². The number of aromatic amines is 1. The highest BCUT2D eigenvalue weighted by atomic mass is 79.9. The molecule has 0 spiro atoms. The molecular formula is C19H14BrN3O5. The smallest absolute Gasteiger partial charge is 0.417 e. The fraction of sp³-hybridized carbons (Fsp3) is 0.158. The molecule has 4 rings (SSSR count). The number of aromatic nitrogens is 1. The third kappa shape index (κ3) is 2.61. The molecule has 0 saturated heterocycles. The molecule has 142 valence electrons. The van der Waals surface area contributed by atoms with Gasteiger partial charge in [0.1, 0.15) is 17.2 Å². The molecular weight excluding hydrogens is 430 g/mol. The number of nitrogens with two attached hydrogens (primary N) is 1. The van der Waals surface area contributed by atoms with Crippen LogP contribution in [0.1, 0.15) is 17.0 Å². The molecule has 0 bridgehead atoms. The van der Waals surface area contributed by atoms with Crippen molar-refractivity contribution in [2.24, 2.45) is 5.73 Å². The van der Waals surface area contributed by atoms with Crippen LogP contribution in [-0.4, -0.2) is 19.2 Å². The van der Waals surface area contributed by atoms with Crippen LogP contribution in [-0.2, 0) is 0 Å². The predicted molar refractivity (Wildman–Crippen MR) is 103 cm³/mol. The summed E-state index contributed by atoms with van der Waals surface area (Å²) < 4.78 is 22.2. The summed E-state index contributed by atoms with van der Waals surface area (Å²) in [4.78, 5) is 14.2. The first-order chi connectivity index (χ1) is 13.5. The van der Waals surface area contributed by atoms with Gasteiger partial charge in [-0.2, -0.15) is 5.26 Å². The number of hydrogen-bond acceptors (Lipinski definition) is 7. The number of benzene rings is 2. The Morgan fingerprint density at radius 3 is 2.75 bits per heavy atom. The molecule has 0 saturated carbocycles. The van der Waals surface area contributed by atoms with E-state index in [-0.39, 0.29) is 11.5 Å². The topological polar surface area (TPSA) is 123 Å². The third-order valence-corrected chi connectivity index (χ3v) is 5.16. The van der Waals surface area contributed by atoms with Gasteiger partial charge in [-0.1, -0.05) is 6.07 Å². The second-order valence-corrected chi connectivity index (χ2v) is 6.89. The highest BCUT2D eigenvalue weighted by Crippen LogP contribution is 2.47. The van der Waals surface area contributed by atoms with Gasteiger partial charge >= 0.3 is 5.76 Å². The molecule has 2 aromatic carbocycles. The van der Waals surface area contributed by atoms with Crippen molar-refractivity contribution in [3.05, 3.63) is 61.9 Å². The van der Waals surface area contributed by atoms with Crippen molar-refractivity contribution in [2.75, 3.05) is 14.2 Å². The van der Waals surface area contributed by atoms with Crippen LogP contribution < -0.4 is 25.7 Å². The standard InChI is InChI=1S/C19H14BrN3O5/c1-25-13-6-8(5-11(20)17(13)26-2)14-9-3-4-12-15(23-19(24)27-12)16(9)28-18(22)10(14)7-21/h3-6,14H,22H2,1-2H3,(H,23,24). The normalized spacial score (nSPS) is 15.7. The number of fused-ring (bicyclic) bond motifs is 3. The molecule has 1 aliphatic heterocycles. The minimum Gasteiger partial charge on any atom is -0.493 e. The number of allylic oxidation sites excluding steroid dienone is 1. The molecule has 0 fully saturated rings. The Bertz CT molecular complexity index is 1230. The zero-order valence-electron chi connectivity index (χ0n) is 14.8. The van der Waals surface area contributed by atoms with Gasteiger partial charge in [0.2, 0.25) is 5.88 Å². The van der Waals surface area contributed by atoms with Crippen molar-refractivity contribution in [3.63, 3.8) is 0 Å². The third-order valence-electron chi connectivity index (χ3n) is 4.57. The average Bonchev–Trinajstić information content (AvgIpc) is 3.07. The van der Waals surface area contributed by atoms with Gasteiger partial charge in [0, 0.05) is 5.56 Å². The Hall–Kier alpha value is -3.38. The van der Waals surface area contributed by atoms with E-state index in [1.807, 2.05) is 6.07 Å². The second kappa shape index (κ2) is 6.65. The molecule has 8 nitrogen and oxygen atoms in total. The molecule has 1 aromatic heterocycles. The monoisotopic (exact) mass is 443 g/mol. The Morgan fingerprint density at radius 2 is 2.07 bits per heavy atom. The van der Waals surface area contributed by atoms with Crippen LogP contribution in [0.3, 0.4) is 0 Å². The average molecular weight is 444 g/mol. The molecule has 0 radical (unpaired) electrons. The first-order valence-electron chi connectivity index (χ1n) is 8.13. The Kier molecular flexibility index (Phi) is 4.28. The minimum absolute atomic E-state index is 0.0412. The summed E-state index contributed by atoms with van der Waals surface area (Å²) in [7, 11) is 3.07. The number of hydrogen-bond donors (Lipinski definition) is 2. The molecule has 1 aliphatic rings. The highest BCUT2D eigenvalue weighted by molar-refractivity contribution is 9.10. The summed E-state index contributed by atoms with van der Waals surface area (Å²) in [5.41, 5.74) is 8.40. The van der Waals surface area contributed by atoms with E-state index in [9.17, 15) is 10.1 Å². The summed E-state index contributed by atoms with van der Waals surface area (Å²) >= 11 is 3.48. The van der Waals surface area contributed by atoms with Gasteiger partial charge in [-0.3, -0.25) is 4.98 Å². The number of H-pyrrole nitrogens is 1. The van der Waals surface area contributed by atoms with Crippen molar-refractivity contribution in [3.8, 4) is 23.3 Å². The van der Waals surface area contributed by atoms with Gasteiger partial charge in [0.25, 0.3) is 0 Å². The number of nitriles is 1. The van der Waals surface area contributed by atoms with E-state index in [0.717, 1.165) is 5.56 Å². The Labute approximate surface area is 167 Å². The first-order valence-corrected chi connectivity index (χ1v) is 8.92. The molecule has 1 unspecified atom stereocenters. The summed E-state index contributed by atoms with van der Waals surface area (Å²) in [5, 5.41) is 9.72. The molecule has 0 aliphatic carbocycles. The molecule has 0 amide bonds. The molecule has 28 heavy (non-hydrogen) atoms. The van der Waals surface area contributed by atoms with Gasteiger partial charge in [-0.15, -0.1) is 0 Å². The number of halogens is 1. The van der Waals surface area contributed by atoms with Gasteiger partial charge in [0.05, 0.1) is 24.6 Å². The van der Waals surface area contributed by atoms with Crippen molar-refractivity contribution in [2.45, 2.75) is 5.92 Å². The summed E-state index contributed by atoms with van der Waals surface area (Å²) in [6.45, 7) is 0. The summed E-state index contributed by atoms with van der Waals surface area (Å²) in [6, 6.07) is 9.12. The van der Waals surface area contributed by atoms with Crippen molar-refractivity contribution in [1.29, 1.82) is 5.26 Å². The van der Waals surface area contributed by atoms with Gasteiger partial charge in [0.15, 0.2) is 22.8 Å². The van der Waals surface area contributed by atoms with Crippen molar-refractivity contribution in [1.82, 2.24) is 4.98 Å². The number of nitrogens with one attached hydrogen (secondary N) is 1. The first kappa shape index (κ1) is 18.0. The van der Waals surface area contributed by atoms with Crippen LogP contribution in [0.15, 0.2) is 49.4 Å². The number of oxazole rings is 1. The molecule has 1 atom stereocenters. The van der Waals surface area contributed by atoms with E-state index in [2.05, 4.69) is 27.0 Å². The van der Waals surface area contributed by atoms with Crippen molar-refractivity contribution >= 4 is 27.0 Å².